The molecule has 2 aromatic rings. The highest BCUT2D eigenvalue weighted by atomic mass is 19.1. The Morgan fingerprint density at radius 3 is 2.00 bits per heavy atom. The molecule has 0 aliphatic heterocycles. The SMILES string of the molecule is CCC(F)CCC(C1=CCCC=C1)(c1ccccc1)c1ccccc1. The molecule has 0 nitrogen and oxygen atoms in total. The van der Waals surface area contributed by atoms with Gasteiger partial charge in [-0.25, -0.2) is 4.39 Å². The summed E-state index contributed by atoms with van der Waals surface area (Å²) in [5.41, 5.74) is 3.53. The Hall–Kier alpha value is -2.15. The Morgan fingerprint density at radius 2 is 1.52 bits per heavy atom. The maximum atomic E-state index is 14.2. The Kier molecular flexibility index (Phi) is 5.86. The van der Waals surface area contributed by atoms with Crippen molar-refractivity contribution in [1.29, 1.82) is 0 Å². The summed E-state index contributed by atoms with van der Waals surface area (Å²) in [6.45, 7) is 1.93. The molecule has 0 N–H and O–H groups in total. The fourth-order valence-electron chi connectivity index (χ4n) is 3.89. The van der Waals surface area contributed by atoms with Gasteiger partial charge in [0.15, 0.2) is 0 Å². The zero-order valence-electron chi connectivity index (χ0n) is 15.0. The van der Waals surface area contributed by atoms with E-state index in [2.05, 4.69) is 66.8 Å². The van der Waals surface area contributed by atoms with E-state index in [0.717, 1.165) is 19.3 Å². The van der Waals surface area contributed by atoms with E-state index in [0.29, 0.717) is 12.8 Å². The van der Waals surface area contributed by atoms with Crippen molar-refractivity contribution in [2.75, 3.05) is 0 Å². The number of halogens is 1. The van der Waals surface area contributed by atoms with Crippen molar-refractivity contribution in [3.8, 4) is 0 Å². The van der Waals surface area contributed by atoms with Crippen LogP contribution in [0.25, 0.3) is 0 Å². The molecular formula is C24H27F. The van der Waals surface area contributed by atoms with Crippen molar-refractivity contribution in [2.24, 2.45) is 0 Å². The van der Waals surface area contributed by atoms with E-state index in [1.54, 1.807) is 0 Å². The molecule has 130 valence electrons. The Labute approximate surface area is 151 Å². The van der Waals surface area contributed by atoms with Crippen LogP contribution in [-0.4, -0.2) is 6.17 Å². The normalized spacial score (nSPS) is 15.7. The minimum absolute atomic E-state index is 0.279. The van der Waals surface area contributed by atoms with E-state index in [-0.39, 0.29) is 5.41 Å². The number of benzene rings is 2. The minimum Gasteiger partial charge on any atom is -0.248 e. The highest BCUT2D eigenvalue weighted by molar-refractivity contribution is 5.52. The van der Waals surface area contributed by atoms with Gasteiger partial charge < -0.3 is 0 Å². The molecule has 2 aromatic carbocycles. The van der Waals surface area contributed by atoms with Crippen LogP contribution in [0.2, 0.25) is 0 Å². The summed E-state index contributed by atoms with van der Waals surface area (Å²) in [6.07, 6.45) is 10.2. The van der Waals surface area contributed by atoms with Gasteiger partial charge in [0.2, 0.25) is 0 Å². The first kappa shape index (κ1) is 17.7. The van der Waals surface area contributed by atoms with Crippen LogP contribution in [0.5, 0.6) is 0 Å². The van der Waals surface area contributed by atoms with Crippen molar-refractivity contribution < 1.29 is 4.39 Å². The highest BCUT2D eigenvalue weighted by Gasteiger charge is 2.37. The summed E-state index contributed by atoms with van der Waals surface area (Å²) < 4.78 is 14.2. The number of allylic oxidation sites excluding steroid dienone is 4. The van der Waals surface area contributed by atoms with E-state index < -0.39 is 6.17 Å². The van der Waals surface area contributed by atoms with Crippen LogP contribution >= 0.6 is 0 Å². The van der Waals surface area contributed by atoms with Crippen molar-refractivity contribution in [3.05, 3.63) is 95.6 Å². The molecule has 0 spiro atoms. The molecule has 0 amide bonds. The van der Waals surface area contributed by atoms with Crippen LogP contribution in [-0.2, 0) is 5.41 Å². The molecule has 1 heteroatoms. The van der Waals surface area contributed by atoms with Crippen LogP contribution in [0, 0.1) is 0 Å². The number of hydrogen-bond donors (Lipinski definition) is 0. The van der Waals surface area contributed by atoms with Gasteiger partial charge in [0, 0.05) is 5.41 Å². The van der Waals surface area contributed by atoms with Crippen LogP contribution in [0.1, 0.15) is 50.2 Å². The third-order valence-electron chi connectivity index (χ3n) is 5.30. The zero-order chi connectivity index (χ0) is 17.5. The van der Waals surface area contributed by atoms with E-state index in [4.69, 9.17) is 0 Å². The molecule has 0 saturated heterocycles. The van der Waals surface area contributed by atoms with Crippen molar-refractivity contribution in [1.82, 2.24) is 0 Å². The maximum absolute atomic E-state index is 14.2. The van der Waals surface area contributed by atoms with Crippen LogP contribution in [0.4, 0.5) is 4.39 Å². The lowest BCUT2D eigenvalue weighted by atomic mass is 9.65. The number of rotatable bonds is 7. The number of alkyl halides is 1. The first-order valence-electron chi connectivity index (χ1n) is 9.39. The van der Waals surface area contributed by atoms with Gasteiger partial charge in [-0.15, -0.1) is 0 Å². The standard InChI is InChI=1S/C24H27F/c1-2-23(25)18-19-24(20-12-6-3-7-13-20,21-14-8-4-9-15-21)22-16-10-5-11-17-22/h3-4,6-10,12-17,23H,2,5,11,18-19H2,1H3. The van der Waals surface area contributed by atoms with Crippen molar-refractivity contribution >= 4 is 0 Å². The quantitative estimate of drug-likeness (QED) is 0.523. The third-order valence-corrected chi connectivity index (χ3v) is 5.30. The highest BCUT2D eigenvalue weighted by Crippen LogP contribution is 2.45. The van der Waals surface area contributed by atoms with E-state index in [1.807, 2.05) is 19.1 Å². The summed E-state index contributed by atoms with van der Waals surface area (Å²) in [5, 5.41) is 0. The van der Waals surface area contributed by atoms with Gasteiger partial charge in [0.1, 0.15) is 0 Å². The summed E-state index contributed by atoms with van der Waals surface area (Å²) >= 11 is 0. The Balaban J connectivity index is 2.16. The van der Waals surface area contributed by atoms with Crippen LogP contribution < -0.4 is 0 Å². The Morgan fingerprint density at radius 1 is 0.920 bits per heavy atom. The number of hydrogen-bond acceptors (Lipinski definition) is 0. The molecular weight excluding hydrogens is 307 g/mol. The predicted octanol–water partition coefficient (Wildman–Crippen LogP) is 6.78. The molecule has 1 unspecified atom stereocenters. The van der Waals surface area contributed by atoms with Gasteiger partial charge in [-0.05, 0) is 48.8 Å². The van der Waals surface area contributed by atoms with Crippen molar-refractivity contribution in [2.45, 2.75) is 50.6 Å². The van der Waals surface area contributed by atoms with Gasteiger partial charge in [-0.1, -0.05) is 85.8 Å². The fraction of sp³-hybridized carbons (Fsp3) is 0.333. The molecule has 1 aliphatic rings. The molecule has 0 saturated carbocycles. The summed E-state index contributed by atoms with van der Waals surface area (Å²) in [6, 6.07) is 21.2. The lowest BCUT2D eigenvalue weighted by Crippen LogP contribution is -2.31. The van der Waals surface area contributed by atoms with E-state index in [1.165, 1.54) is 16.7 Å². The predicted molar refractivity (Wildman–Crippen MR) is 105 cm³/mol. The first-order chi connectivity index (χ1) is 12.3. The minimum atomic E-state index is -0.750. The first-order valence-corrected chi connectivity index (χ1v) is 9.39. The van der Waals surface area contributed by atoms with Crippen LogP contribution in [0.15, 0.2) is 84.5 Å². The van der Waals surface area contributed by atoms with Gasteiger partial charge in [-0.2, -0.15) is 0 Å². The smallest absolute Gasteiger partial charge is 0.0999 e. The second-order valence-electron chi connectivity index (χ2n) is 6.82. The zero-order valence-corrected chi connectivity index (χ0v) is 15.0. The molecule has 0 heterocycles. The maximum Gasteiger partial charge on any atom is 0.0999 e. The average molecular weight is 334 g/mol. The molecule has 0 fully saturated rings. The largest absolute Gasteiger partial charge is 0.248 e. The van der Waals surface area contributed by atoms with Gasteiger partial charge in [-0.3, -0.25) is 0 Å². The van der Waals surface area contributed by atoms with Crippen molar-refractivity contribution in [3.63, 3.8) is 0 Å². The summed E-state index contributed by atoms with van der Waals surface area (Å²) in [5.74, 6) is 0. The molecule has 25 heavy (non-hydrogen) atoms. The molecule has 1 atom stereocenters. The summed E-state index contributed by atoms with van der Waals surface area (Å²) in [7, 11) is 0. The molecule has 0 aromatic heterocycles. The second kappa shape index (κ2) is 8.29. The summed E-state index contributed by atoms with van der Waals surface area (Å²) in [4.78, 5) is 0. The van der Waals surface area contributed by atoms with Crippen LogP contribution in [0.3, 0.4) is 0 Å². The van der Waals surface area contributed by atoms with Gasteiger partial charge in [0.25, 0.3) is 0 Å². The lowest BCUT2D eigenvalue weighted by Gasteiger charge is -2.38. The third kappa shape index (κ3) is 3.76. The lowest BCUT2D eigenvalue weighted by molar-refractivity contribution is 0.285. The molecule has 0 bridgehead atoms. The van der Waals surface area contributed by atoms with Gasteiger partial charge >= 0.3 is 0 Å². The molecule has 3 rings (SSSR count). The average Bonchev–Trinajstić information content (AvgIpc) is 2.71. The van der Waals surface area contributed by atoms with Gasteiger partial charge in [0.05, 0.1) is 6.17 Å². The topological polar surface area (TPSA) is 0 Å². The monoisotopic (exact) mass is 334 g/mol. The van der Waals surface area contributed by atoms with E-state index >= 15 is 0 Å². The molecule has 1 aliphatic carbocycles. The second-order valence-corrected chi connectivity index (χ2v) is 6.82. The molecule has 0 radical (unpaired) electrons. The fourth-order valence-corrected chi connectivity index (χ4v) is 3.89. The Bertz CT molecular complexity index is 673. The van der Waals surface area contributed by atoms with E-state index in [9.17, 15) is 4.39 Å².